The normalized spacial score (nSPS) is 16.2. The van der Waals surface area contributed by atoms with Gasteiger partial charge in [0.05, 0.1) is 6.07 Å². The summed E-state index contributed by atoms with van der Waals surface area (Å²) in [4.78, 5) is 0. The van der Waals surface area contributed by atoms with Crippen molar-refractivity contribution in [2.45, 2.75) is 26.4 Å². The van der Waals surface area contributed by atoms with Crippen LogP contribution in [-0.2, 0) is 4.74 Å². The van der Waals surface area contributed by atoms with Crippen LogP contribution >= 0.6 is 0 Å². The number of nitriles is 1. The summed E-state index contributed by atoms with van der Waals surface area (Å²) in [5, 5.41) is 8.45. The molecule has 0 aliphatic carbocycles. The van der Waals surface area contributed by atoms with Gasteiger partial charge in [-0.2, -0.15) is 5.26 Å². The van der Waals surface area contributed by atoms with Gasteiger partial charge in [0.2, 0.25) is 0 Å². The van der Waals surface area contributed by atoms with E-state index in [-0.39, 0.29) is 6.10 Å². The van der Waals surface area contributed by atoms with Crippen molar-refractivity contribution in [3.8, 4) is 6.07 Å². The van der Waals surface area contributed by atoms with Crippen LogP contribution in [-0.4, -0.2) is 13.2 Å². The summed E-state index contributed by atoms with van der Waals surface area (Å²) >= 11 is 0. The molecule has 0 aromatic carbocycles. The maximum Gasteiger partial charge on any atom is 0.146 e. The van der Waals surface area contributed by atoms with Crippen molar-refractivity contribution >= 4 is 0 Å². The van der Waals surface area contributed by atoms with Gasteiger partial charge in [0.25, 0.3) is 0 Å². The third kappa shape index (κ3) is 2.48. The van der Waals surface area contributed by atoms with Crippen LogP contribution in [0.15, 0.2) is 0 Å². The Hall–Kier alpha value is -0.550. The molecular weight excluding hydrogens is 114 g/mol. The van der Waals surface area contributed by atoms with E-state index < -0.39 is 0 Å². The van der Waals surface area contributed by atoms with E-state index in [0.717, 1.165) is 6.42 Å². The summed E-state index contributed by atoms with van der Waals surface area (Å²) in [6.07, 6.45) is 0.765. The molecule has 0 saturated heterocycles. The quantitative estimate of drug-likeness (QED) is 0.576. The van der Waals surface area contributed by atoms with Crippen LogP contribution in [0.3, 0.4) is 0 Å². The molecule has 0 amide bonds. The van der Waals surface area contributed by atoms with Gasteiger partial charge in [0.1, 0.15) is 6.10 Å². The smallest absolute Gasteiger partial charge is 0.146 e. The van der Waals surface area contributed by atoms with E-state index >= 15 is 0 Å². The average Bonchev–Trinajstić information content (AvgIpc) is 1.90. The van der Waals surface area contributed by atoms with Gasteiger partial charge in [-0.3, -0.25) is 0 Å². The molecule has 0 aromatic rings. The molecule has 0 saturated carbocycles. The number of hydrogen-bond acceptors (Lipinski definition) is 2. The van der Waals surface area contributed by atoms with Gasteiger partial charge in [-0.05, 0) is 5.92 Å². The van der Waals surface area contributed by atoms with E-state index in [9.17, 15) is 0 Å². The Morgan fingerprint density at radius 3 is 2.33 bits per heavy atom. The largest absolute Gasteiger partial charge is 0.366 e. The third-order valence-corrected chi connectivity index (χ3v) is 1.54. The lowest BCUT2D eigenvalue weighted by molar-refractivity contribution is 0.101. The molecule has 0 bridgehead atoms. The summed E-state index contributed by atoms with van der Waals surface area (Å²) in [6.45, 7) is 4.06. The second-order valence-electron chi connectivity index (χ2n) is 2.17. The summed E-state index contributed by atoms with van der Waals surface area (Å²) < 4.78 is 4.89. The first-order valence-electron chi connectivity index (χ1n) is 3.18. The van der Waals surface area contributed by atoms with Crippen molar-refractivity contribution in [3.63, 3.8) is 0 Å². The van der Waals surface area contributed by atoms with Crippen LogP contribution in [0, 0.1) is 17.2 Å². The number of rotatable bonds is 3. The molecule has 0 radical (unpaired) electrons. The zero-order chi connectivity index (χ0) is 7.28. The Balaban J connectivity index is 3.68. The van der Waals surface area contributed by atoms with Gasteiger partial charge in [0, 0.05) is 7.11 Å². The molecule has 2 unspecified atom stereocenters. The van der Waals surface area contributed by atoms with E-state index in [1.807, 2.05) is 13.8 Å². The third-order valence-electron chi connectivity index (χ3n) is 1.54. The Bertz CT molecular complexity index is 106. The first-order chi connectivity index (χ1) is 4.26. The monoisotopic (exact) mass is 127 g/mol. The lowest BCUT2D eigenvalue weighted by Crippen LogP contribution is -2.16. The molecular formula is C7H13NO. The summed E-state index contributed by atoms with van der Waals surface area (Å²) in [7, 11) is 1.57. The van der Waals surface area contributed by atoms with Crippen LogP contribution in [0.1, 0.15) is 20.3 Å². The number of methoxy groups -OCH3 is 1. The van der Waals surface area contributed by atoms with Crippen molar-refractivity contribution in [2.75, 3.05) is 7.11 Å². The minimum absolute atomic E-state index is 0.227. The van der Waals surface area contributed by atoms with Gasteiger partial charge in [-0.15, -0.1) is 0 Å². The van der Waals surface area contributed by atoms with E-state index in [2.05, 4.69) is 6.07 Å². The highest BCUT2D eigenvalue weighted by atomic mass is 16.5. The number of nitrogens with zero attached hydrogens (tertiary/aromatic N) is 1. The van der Waals surface area contributed by atoms with Crippen LogP contribution in [0.5, 0.6) is 0 Å². The van der Waals surface area contributed by atoms with Crippen molar-refractivity contribution in [3.05, 3.63) is 0 Å². The highest BCUT2D eigenvalue weighted by molar-refractivity contribution is 4.86. The minimum Gasteiger partial charge on any atom is -0.366 e. The molecule has 0 N–H and O–H groups in total. The molecule has 2 heteroatoms. The van der Waals surface area contributed by atoms with Gasteiger partial charge in [-0.25, -0.2) is 0 Å². The zero-order valence-corrected chi connectivity index (χ0v) is 6.22. The van der Waals surface area contributed by atoms with Crippen LogP contribution < -0.4 is 0 Å². The van der Waals surface area contributed by atoms with E-state index in [4.69, 9.17) is 10.00 Å². The molecule has 0 aliphatic rings. The summed E-state index contributed by atoms with van der Waals surface area (Å²) in [6, 6.07) is 2.08. The zero-order valence-electron chi connectivity index (χ0n) is 6.22. The van der Waals surface area contributed by atoms with Gasteiger partial charge in [0.15, 0.2) is 0 Å². The van der Waals surface area contributed by atoms with Gasteiger partial charge < -0.3 is 4.74 Å². The highest BCUT2D eigenvalue weighted by Gasteiger charge is 2.12. The highest BCUT2D eigenvalue weighted by Crippen LogP contribution is 2.08. The molecule has 2 atom stereocenters. The standard InChI is InChI=1S/C7H13NO/c1-4-6(2)7(5-8)9-3/h6-7H,4H2,1-3H3. The molecule has 2 nitrogen and oxygen atoms in total. The van der Waals surface area contributed by atoms with Crippen LogP contribution in [0.25, 0.3) is 0 Å². The molecule has 0 aromatic heterocycles. The molecule has 0 spiro atoms. The van der Waals surface area contributed by atoms with Crippen molar-refractivity contribution < 1.29 is 4.74 Å². The second-order valence-corrected chi connectivity index (χ2v) is 2.17. The first kappa shape index (κ1) is 8.45. The average molecular weight is 127 g/mol. The first-order valence-corrected chi connectivity index (χ1v) is 3.18. The fourth-order valence-corrected chi connectivity index (χ4v) is 0.626. The SMILES string of the molecule is CCC(C)C(C#N)OC. The molecule has 9 heavy (non-hydrogen) atoms. The summed E-state index contributed by atoms with van der Waals surface area (Å²) in [5.74, 6) is 0.347. The summed E-state index contributed by atoms with van der Waals surface area (Å²) in [5.41, 5.74) is 0. The molecule has 52 valence electrons. The molecule has 0 aliphatic heterocycles. The Kier molecular flexibility index (Phi) is 4.08. The lowest BCUT2D eigenvalue weighted by Gasteiger charge is -2.12. The van der Waals surface area contributed by atoms with Crippen LogP contribution in [0.2, 0.25) is 0 Å². The predicted octanol–water partition coefficient (Wildman–Crippen LogP) is 1.57. The maximum absolute atomic E-state index is 8.45. The predicted molar refractivity (Wildman–Crippen MR) is 35.9 cm³/mol. The second kappa shape index (κ2) is 4.34. The minimum atomic E-state index is -0.227. The van der Waals surface area contributed by atoms with Crippen molar-refractivity contribution in [1.82, 2.24) is 0 Å². The van der Waals surface area contributed by atoms with E-state index in [1.165, 1.54) is 0 Å². The van der Waals surface area contributed by atoms with Crippen molar-refractivity contribution in [1.29, 1.82) is 5.26 Å². The Morgan fingerprint density at radius 1 is 1.67 bits per heavy atom. The Labute approximate surface area is 56.4 Å². The lowest BCUT2D eigenvalue weighted by atomic mass is 10.0. The number of ether oxygens (including phenoxy) is 1. The number of hydrogen-bond donors (Lipinski definition) is 0. The van der Waals surface area contributed by atoms with E-state index in [0.29, 0.717) is 5.92 Å². The molecule has 0 heterocycles. The Morgan fingerprint density at radius 2 is 2.22 bits per heavy atom. The van der Waals surface area contributed by atoms with Crippen LogP contribution in [0.4, 0.5) is 0 Å². The van der Waals surface area contributed by atoms with Gasteiger partial charge in [-0.1, -0.05) is 20.3 Å². The molecule has 0 rings (SSSR count). The fourth-order valence-electron chi connectivity index (χ4n) is 0.626. The van der Waals surface area contributed by atoms with Crippen molar-refractivity contribution in [2.24, 2.45) is 5.92 Å². The van der Waals surface area contributed by atoms with E-state index in [1.54, 1.807) is 7.11 Å². The fraction of sp³-hybridized carbons (Fsp3) is 0.857. The van der Waals surface area contributed by atoms with Gasteiger partial charge >= 0.3 is 0 Å². The molecule has 0 fully saturated rings. The topological polar surface area (TPSA) is 33.0 Å². The maximum atomic E-state index is 8.45.